The van der Waals surface area contributed by atoms with Crippen LogP contribution in [0.1, 0.15) is 17.3 Å². The van der Waals surface area contributed by atoms with Crippen molar-refractivity contribution < 1.29 is 18.8 Å². The third-order valence-corrected chi connectivity index (χ3v) is 2.82. The van der Waals surface area contributed by atoms with Gasteiger partial charge in [0.1, 0.15) is 17.1 Å². The van der Waals surface area contributed by atoms with Crippen molar-refractivity contribution in [1.29, 1.82) is 0 Å². The number of halogens is 1. The van der Waals surface area contributed by atoms with Crippen LogP contribution in [0.15, 0.2) is 12.1 Å². The summed E-state index contributed by atoms with van der Waals surface area (Å²) in [7, 11) is 1.47. The molecule has 110 valence electrons. The van der Waals surface area contributed by atoms with E-state index in [9.17, 15) is 19.3 Å². The maximum absolute atomic E-state index is 13.8. The van der Waals surface area contributed by atoms with E-state index in [4.69, 9.17) is 10.5 Å². The SMILES string of the molecule is CCN(CCOC)C(=O)c1c(F)ccc([N+](=O)[O-])c1N. The zero-order chi connectivity index (χ0) is 15.3. The normalized spacial score (nSPS) is 10.3. The number of nitrogens with two attached hydrogens (primary N) is 1. The number of nitrogens with zero attached hydrogens (tertiary/aromatic N) is 2. The van der Waals surface area contributed by atoms with Crippen molar-refractivity contribution >= 4 is 17.3 Å². The first-order valence-corrected chi connectivity index (χ1v) is 5.94. The summed E-state index contributed by atoms with van der Waals surface area (Å²) in [6.45, 7) is 2.53. The predicted molar refractivity (Wildman–Crippen MR) is 70.9 cm³/mol. The topological polar surface area (TPSA) is 98.7 Å². The Balaban J connectivity index is 3.20. The summed E-state index contributed by atoms with van der Waals surface area (Å²) >= 11 is 0. The maximum Gasteiger partial charge on any atom is 0.293 e. The van der Waals surface area contributed by atoms with Crippen LogP contribution in [-0.4, -0.2) is 42.5 Å². The number of hydrogen-bond acceptors (Lipinski definition) is 5. The quantitative estimate of drug-likeness (QED) is 0.484. The molecule has 0 atom stereocenters. The molecule has 1 rings (SSSR count). The molecule has 7 nitrogen and oxygen atoms in total. The first kappa shape index (κ1) is 15.8. The van der Waals surface area contributed by atoms with E-state index in [1.165, 1.54) is 12.0 Å². The van der Waals surface area contributed by atoms with E-state index in [0.29, 0.717) is 6.54 Å². The fourth-order valence-corrected chi connectivity index (χ4v) is 1.72. The number of methoxy groups -OCH3 is 1. The van der Waals surface area contributed by atoms with Gasteiger partial charge < -0.3 is 15.4 Å². The van der Waals surface area contributed by atoms with Gasteiger partial charge in [-0.1, -0.05) is 0 Å². The minimum Gasteiger partial charge on any atom is -0.392 e. The summed E-state index contributed by atoms with van der Waals surface area (Å²) in [6.07, 6.45) is 0. The lowest BCUT2D eigenvalue weighted by Gasteiger charge is -2.21. The van der Waals surface area contributed by atoms with Gasteiger partial charge in [-0.05, 0) is 13.0 Å². The van der Waals surface area contributed by atoms with Gasteiger partial charge in [-0.15, -0.1) is 0 Å². The molecule has 0 aliphatic heterocycles. The van der Waals surface area contributed by atoms with Crippen LogP contribution in [0.3, 0.4) is 0 Å². The van der Waals surface area contributed by atoms with Crippen molar-refractivity contribution in [3.8, 4) is 0 Å². The molecule has 0 heterocycles. The average Bonchev–Trinajstić information content (AvgIpc) is 2.39. The van der Waals surface area contributed by atoms with Crippen molar-refractivity contribution in [2.45, 2.75) is 6.92 Å². The number of nitro groups is 1. The van der Waals surface area contributed by atoms with E-state index in [1.54, 1.807) is 6.92 Å². The van der Waals surface area contributed by atoms with Crippen LogP contribution >= 0.6 is 0 Å². The summed E-state index contributed by atoms with van der Waals surface area (Å²) in [5.41, 5.74) is 4.12. The van der Waals surface area contributed by atoms with Gasteiger partial charge >= 0.3 is 0 Å². The van der Waals surface area contributed by atoms with Gasteiger partial charge in [0.25, 0.3) is 11.6 Å². The lowest BCUT2D eigenvalue weighted by molar-refractivity contribution is -0.384. The van der Waals surface area contributed by atoms with Crippen molar-refractivity contribution in [1.82, 2.24) is 4.90 Å². The van der Waals surface area contributed by atoms with Crippen LogP contribution in [0.25, 0.3) is 0 Å². The number of ether oxygens (including phenoxy) is 1. The molecular weight excluding hydrogens is 269 g/mol. The minimum absolute atomic E-state index is 0.243. The average molecular weight is 285 g/mol. The number of carbonyl (C=O) groups is 1. The second-order valence-electron chi connectivity index (χ2n) is 3.99. The van der Waals surface area contributed by atoms with Crippen molar-refractivity contribution in [2.24, 2.45) is 0 Å². The van der Waals surface area contributed by atoms with E-state index in [1.807, 2.05) is 0 Å². The molecule has 1 aromatic carbocycles. The Morgan fingerprint density at radius 2 is 2.20 bits per heavy atom. The van der Waals surface area contributed by atoms with E-state index in [0.717, 1.165) is 12.1 Å². The molecule has 8 heteroatoms. The van der Waals surface area contributed by atoms with Crippen LogP contribution in [0.5, 0.6) is 0 Å². The number of benzene rings is 1. The van der Waals surface area contributed by atoms with Gasteiger partial charge in [-0.2, -0.15) is 0 Å². The number of hydrogen-bond donors (Lipinski definition) is 1. The highest BCUT2D eigenvalue weighted by Crippen LogP contribution is 2.28. The Bertz CT molecular complexity index is 522. The number of amides is 1. The number of likely N-dealkylation sites (N-methyl/N-ethyl adjacent to an activating group) is 1. The lowest BCUT2D eigenvalue weighted by atomic mass is 10.1. The van der Waals surface area contributed by atoms with Gasteiger partial charge in [-0.25, -0.2) is 4.39 Å². The van der Waals surface area contributed by atoms with Crippen molar-refractivity contribution in [3.05, 3.63) is 33.6 Å². The van der Waals surface area contributed by atoms with E-state index < -0.39 is 33.6 Å². The summed E-state index contributed by atoms with van der Waals surface area (Å²) in [6, 6.07) is 1.80. The minimum atomic E-state index is -0.881. The standard InChI is InChI=1S/C12H16FN3O4/c1-3-15(6-7-20-2)12(17)10-8(13)4-5-9(11(10)14)16(18)19/h4-5H,3,6-7,14H2,1-2H3. The smallest absolute Gasteiger partial charge is 0.293 e. The zero-order valence-corrected chi connectivity index (χ0v) is 11.3. The Labute approximate surface area is 115 Å². The summed E-state index contributed by atoms with van der Waals surface area (Å²) in [5, 5.41) is 10.8. The van der Waals surface area contributed by atoms with E-state index in [2.05, 4.69) is 0 Å². The number of carbonyl (C=O) groups excluding carboxylic acids is 1. The molecule has 0 saturated heterocycles. The molecule has 0 aromatic heterocycles. The third kappa shape index (κ3) is 3.21. The van der Waals surface area contributed by atoms with Crippen LogP contribution in [0.4, 0.5) is 15.8 Å². The van der Waals surface area contributed by atoms with Crippen LogP contribution in [0, 0.1) is 15.9 Å². The van der Waals surface area contributed by atoms with Gasteiger partial charge in [0.05, 0.1) is 11.5 Å². The highest BCUT2D eigenvalue weighted by Gasteiger charge is 2.26. The largest absolute Gasteiger partial charge is 0.392 e. The summed E-state index contributed by atoms with van der Waals surface area (Å²) in [4.78, 5) is 23.6. The van der Waals surface area contributed by atoms with Gasteiger partial charge in [0, 0.05) is 26.3 Å². The molecule has 0 aliphatic carbocycles. The Kier molecular flexibility index (Phi) is 5.39. The van der Waals surface area contributed by atoms with Crippen LogP contribution in [-0.2, 0) is 4.74 Å². The molecule has 0 unspecified atom stereocenters. The highest BCUT2D eigenvalue weighted by atomic mass is 19.1. The summed E-state index contributed by atoms with van der Waals surface area (Å²) in [5.74, 6) is -1.57. The lowest BCUT2D eigenvalue weighted by Crippen LogP contribution is -2.34. The molecule has 1 amide bonds. The zero-order valence-electron chi connectivity index (χ0n) is 11.3. The van der Waals surface area contributed by atoms with Crippen LogP contribution < -0.4 is 5.73 Å². The van der Waals surface area contributed by atoms with E-state index in [-0.39, 0.29) is 13.2 Å². The second kappa shape index (κ2) is 6.80. The molecule has 0 bridgehead atoms. The van der Waals surface area contributed by atoms with Crippen molar-refractivity contribution in [2.75, 3.05) is 32.5 Å². The first-order chi connectivity index (χ1) is 9.43. The molecule has 0 spiro atoms. The number of nitro benzene ring substituents is 1. The number of rotatable bonds is 6. The predicted octanol–water partition coefficient (Wildman–Crippen LogP) is 1.42. The second-order valence-corrected chi connectivity index (χ2v) is 3.99. The monoisotopic (exact) mass is 285 g/mol. The molecule has 2 N–H and O–H groups in total. The molecule has 0 saturated carbocycles. The van der Waals surface area contributed by atoms with E-state index >= 15 is 0 Å². The molecule has 0 radical (unpaired) electrons. The van der Waals surface area contributed by atoms with Gasteiger partial charge in [0.2, 0.25) is 0 Å². The number of anilines is 1. The van der Waals surface area contributed by atoms with Crippen LogP contribution in [0.2, 0.25) is 0 Å². The Morgan fingerprint density at radius 1 is 1.55 bits per heavy atom. The Morgan fingerprint density at radius 3 is 2.70 bits per heavy atom. The molecule has 1 aromatic rings. The fraction of sp³-hybridized carbons (Fsp3) is 0.417. The Hall–Kier alpha value is -2.22. The molecule has 20 heavy (non-hydrogen) atoms. The molecular formula is C12H16FN3O4. The van der Waals surface area contributed by atoms with Crippen molar-refractivity contribution in [3.63, 3.8) is 0 Å². The third-order valence-electron chi connectivity index (χ3n) is 2.82. The summed E-state index contributed by atoms with van der Waals surface area (Å²) < 4.78 is 18.6. The first-order valence-electron chi connectivity index (χ1n) is 5.94. The molecule has 0 fully saturated rings. The fourth-order valence-electron chi connectivity index (χ4n) is 1.72. The van der Waals surface area contributed by atoms with Gasteiger partial charge in [-0.3, -0.25) is 14.9 Å². The number of nitrogen functional groups attached to an aromatic ring is 1. The van der Waals surface area contributed by atoms with Gasteiger partial charge in [0.15, 0.2) is 0 Å². The maximum atomic E-state index is 13.8. The molecule has 0 aliphatic rings. The highest BCUT2D eigenvalue weighted by molar-refractivity contribution is 6.01.